The van der Waals surface area contributed by atoms with Gasteiger partial charge in [-0.15, -0.1) is 0 Å². The van der Waals surface area contributed by atoms with E-state index in [9.17, 15) is 9.59 Å². The lowest BCUT2D eigenvalue weighted by Gasteiger charge is -2.06. The molecular formula is C13H10BrClN2O3. The van der Waals surface area contributed by atoms with Crippen LogP contribution in [0.15, 0.2) is 28.7 Å². The number of anilines is 1. The van der Waals surface area contributed by atoms with E-state index in [0.717, 1.165) is 4.47 Å². The summed E-state index contributed by atoms with van der Waals surface area (Å²) in [5, 5.41) is 11.9. The number of aromatic carboxylic acids is 1. The second kappa shape index (κ2) is 5.68. The molecule has 3 N–H and O–H groups in total. The molecule has 2 rings (SSSR count). The van der Waals surface area contributed by atoms with Gasteiger partial charge in [-0.2, -0.15) is 0 Å². The van der Waals surface area contributed by atoms with Gasteiger partial charge in [0.2, 0.25) is 0 Å². The summed E-state index contributed by atoms with van der Waals surface area (Å²) in [6.45, 7) is 1.70. The molecule has 0 spiro atoms. The van der Waals surface area contributed by atoms with Crippen LogP contribution in [-0.2, 0) is 0 Å². The fourth-order valence-corrected chi connectivity index (χ4v) is 2.48. The second-order valence-electron chi connectivity index (χ2n) is 4.12. The molecule has 20 heavy (non-hydrogen) atoms. The second-order valence-corrected chi connectivity index (χ2v) is 5.45. The molecule has 0 fully saturated rings. The van der Waals surface area contributed by atoms with Crippen LogP contribution in [0.3, 0.4) is 0 Å². The van der Waals surface area contributed by atoms with E-state index >= 15 is 0 Å². The number of aromatic nitrogens is 1. The van der Waals surface area contributed by atoms with Crippen molar-refractivity contribution >= 4 is 45.1 Å². The van der Waals surface area contributed by atoms with Gasteiger partial charge in [-0.3, -0.25) is 4.79 Å². The molecule has 0 saturated heterocycles. The van der Waals surface area contributed by atoms with Gasteiger partial charge in [-0.1, -0.05) is 27.5 Å². The Morgan fingerprint density at radius 3 is 2.65 bits per heavy atom. The monoisotopic (exact) mass is 356 g/mol. The maximum absolute atomic E-state index is 12.1. The Bertz CT molecular complexity index is 697. The number of amides is 1. The van der Waals surface area contributed by atoms with Gasteiger partial charge in [0.15, 0.2) is 0 Å². The number of aromatic amines is 1. The number of aryl methyl sites for hydroxylation is 1. The largest absolute Gasteiger partial charge is 0.477 e. The highest BCUT2D eigenvalue weighted by Gasteiger charge is 2.17. The average Bonchev–Trinajstić information content (AvgIpc) is 2.70. The summed E-state index contributed by atoms with van der Waals surface area (Å²) in [5.74, 6) is -1.61. The van der Waals surface area contributed by atoms with Crippen LogP contribution in [-0.4, -0.2) is 22.0 Å². The highest BCUT2D eigenvalue weighted by atomic mass is 79.9. The van der Waals surface area contributed by atoms with E-state index in [1.54, 1.807) is 31.2 Å². The fourth-order valence-electron chi connectivity index (χ4n) is 1.72. The lowest BCUT2D eigenvalue weighted by atomic mass is 10.2. The van der Waals surface area contributed by atoms with Crippen LogP contribution in [0, 0.1) is 6.92 Å². The number of hydrogen-bond acceptors (Lipinski definition) is 2. The molecule has 0 atom stereocenters. The number of carboxylic acid groups (broad SMARTS) is 1. The summed E-state index contributed by atoms with van der Waals surface area (Å²) in [6.07, 6.45) is 0. The van der Waals surface area contributed by atoms with Gasteiger partial charge < -0.3 is 15.4 Å². The third-order valence-electron chi connectivity index (χ3n) is 2.59. The van der Waals surface area contributed by atoms with Crippen LogP contribution in [0.2, 0.25) is 5.02 Å². The van der Waals surface area contributed by atoms with Crippen LogP contribution >= 0.6 is 27.5 Å². The summed E-state index contributed by atoms with van der Waals surface area (Å²) >= 11 is 9.23. The van der Waals surface area contributed by atoms with E-state index in [1.165, 1.54) is 0 Å². The van der Waals surface area contributed by atoms with E-state index in [1.807, 2.05) is 0 Å². The highest BCUT2D eigenvalue weighted by molar-refractivity contribution is 9.10. The van der Waals surface area contributed by atoms with E-state index in [2.05, 4.69) is 26.2 Å². The van der Waals surface area contributed by atoms with Gasteiger partial charge in [0.1, 0.15) is 5.69 Å². The number of H-pyrrole nitrogens is 1. The number of hydrogen-bond donors (Lipinski definition) is 3. The summed E-state index contributed by atoms with van der Waals surface area (Å²) in [4.78, 5) is 25.8. The van der Waals surface area contributed by atoms with Gasteiger partial charge in [0.05, 0.1) is 16.3 Å². The number of carbonyl (C=O) groups excluding carboxylic acids is 1. The average molecular weight is 358 g/mol. The van der Waals surface area contributed by atoms with Gasteiger partial charge in [0.25, 0.3) is 5.91 Å². The molecule has 104 valence electrons. The van der Waals surface area contributed by atoms with Gasteiger partial charge in [-0.25, -0.2) is 4.79 Å². The molecule has 0 bridgehead atoms. The van der Waals surface area contributed by atoms with Crippen LogP contribution < -0.4 is 5.32 Å². The van der Waals surface area contributed by atoms with Crippen molar-refractivity contribution in [2.75, 3.05) is 5.32 Å². The minimum Gasteiger partial charge on any atom is -0.477 e. The first-order valence-electron chi connectivity index (χ1n) is 5.58. The SMILES string of the molecule is Cc1cc(NC(=O)c2ccc(Br)cc2Cl)c(C(=O)O)[nH]1. The molecule has 1 aromatic heterocycles. The number of carbonyl (C=O) groups is 2. The Kier molecular flexibility index (Phi) is 4.15. The Labute approximate surface area is 128 Å². The minimum atomic E-state index is -1.14. The van der Waals surface area contributed by atoms with Crippen molar-refractivity contribution in [3.8, 4) is 0 Å². The molecule has 0 aliphatic heterocycles. The molecule has 5 nitrogen and oxygen atoms in total. The Morgan fingerprint density at radius 1 is 1.35 bits per heavy atom. The Hall–Kier alpha value is -1.79. The third-order valence-corrected chi connectivity index (χ3v) is 3.40. The fraction of sp³-hybridized carbons (Fsp3) is 0.0769. The summed E-state index contributed by atoms with van der Waals surface area (Å²) in [6, 6.07) is 6.38. The van der Waals surface area contributed by atoms with Crippen molar-refractivity contribution in [3.63, 3.8) is 0 Å². The van der Waals surface area contributed by atoms with Crippen LogP contribution in [0.5, 0.6) is 0 Å². The number of rotatable bonds is 3. The van der Waals surface area contributed by atoms with Gasteiger partial charge in [-0.05, 0) is 31.2 Å². The quantitative estimate of drug-likeness (QED) is 0.783. The molecule has 0 aliphatic carbocycles. The molecule has 0 saturated carbocycles. The van der Waals surface area contributed by atoms with Crippen molar-refractivity contribution in [2.45, 2.75) is 6.92 Å². The van der Waals surface area contributed by atoms with Crippen molar-refractivity contribution in [1.82, 2.24) is 4.98 Å². The molecule has 1 aromatic carbocycles. The minimum absolute atomic E-state index is 0.0657. The van der Waals surface area contributed by atoms with Crippen molar-refractivity contribution < 1.29 is 14.7 Å². The van der Waals surface area contributed by atoms with Gasteiger partial charge in [0, 0.05) is 10.2 Å². The Morgan fingerprint density at radius 2 is 2.05 bits per heavy atom. The van der Waals surface area contributed by atoms with Crippen LogP contribution in [0.1, 0.15) is 26.5 Å². The predicted octanol–water partition coefficient (Wildman–Crippen LogP) is 3.69. The topological polar surface area (TPSA) is 82.2 Å². The molecule has 7 heteroatoms. The first-order valence-corrected chi connectivity index (χ1v) is 6.75. The van der Waals surface area contributed by atoms with E-state index in [0.29, 0.717) is 5.69 Å². The normalized spacial score (nSPS) is 10.3. The zero-order chi connectivity index (χ0) is 14.9. The smallest absolute Gasteiger partial charge is 0.354 e. The molecule has 1 heterocycles. The maximum Gasteiger partial charge on any atom is 0.354 e. The van der Waals surface area contributed by atoms with Crippen molar-refractivity contribution in [1.29, 1.82) is 0 Å². The zero-order valence-corrected chi connectivity index (χ0v) is 12.7. The molecule has 2 aromatic rings. The zero-order valence-electron chi connectivity index (χ0n) is 10.3. The lowest BCUT2D eigenvalue weighted by Crippen LogP contribution is -2.14. The summed E-state index contributed by atoms with van der Waals surface area (Å²) in [7, 11) is 0. The summed E-state index contributed by atoms with van der Waals surface area (Å²) in [5.41, 5.74) is 1.05. The van der Waals surface area contributed by atoms with Crippen molar-refractivity contribution in [2.24, 2.45) is 0 Å². The highest BCUT2D eigenvalue weighted by Crippen LogP contribution is 2.23. The van der Waals surface area contributed by atoms with E-state index in [4.69, 9.17) is 16.7 Å². The number of nitrogens with one attached hydrogen (secondary N) is 2. The molecule has 0 radical (unpaired) electrons. The molecule has 0 aliphatic rings. The van der Waals surface area contributed by atoms with E-state index < -0.39 is 11.9 Å². The lowest BCUT2D eigenvalue weighted by molar-refractivity contribution is 0.0692. The van der Waals surface area contributed by atoms with E-state index in [-0.39, 0.29) is 22.0 Å². The number of halogens is 2. The number of carboxylic acids is 1. The molecule has 0 unspecified atom stereocenters. The molecule has 1 amide bonds. The van der Waals surface area contributed by atoms with Gasteiger partial charge >= 0.3 is 5.97 Å². The predicted molar refractivity (Wildman–Crippen MR) is 79.6 cm³/mol. The van der Waals surface area contributed by atoms with Crippen molar-refractivity contribution in [3.05, 3.63) is 50.7 Å². The summed E-state index contributed by atoms with van der Waals surface area (Å²) < 4.78 is 0.753. The first kappa shape index (κ1) is 14.6. The standard InChI is InChI=1S/C13H10BrClN2O3/c1-6-4-10(11(16-6)13(19)20)17-12(18)8-3-2-7(14)5-9(8)15/h2-5,16H,1H3,(H,17,18)(H,19,20). The molecular weight excluding hydrogens is 348 g/mol. The van der Waals surface area contributed by atoms with Crippen LogP contribution in [0.25, 0.3) is 0 Å². The Balaban J connectivity index is 2.30. The number of benzene rings is 1. The maximum atomic E-state index is 12.1. The third kappa shape index (κ3) is 3.02. The van der Waals surface area contributed by atoms with Crippen LogP contribution in [0.4, 0.5) is 5.69 Å². The first-order chi connectivity index (χ1) is 9.38.